The van der Waals surface area contributed by atoms with Gasteiger partial charge in [-0.15, -0.1) is 16.4 Å². The van der Waals surface area contributed by atoms with Crippen LogP contribution in [0.15, 0.2) is 16.3 Å². The minimum atomic E-state index is 0.597. The smallest absolute Gasteiger partial charge is 0.212 e. The first kappa shape index (κ1) is 8.55. The third kappa shape index (κ3) is 1.48. The molecule has 1 aliphatic rings. The van der Waals surface area contributed by atoms with Crippen molar-refractivity contribution >= 4 is 27.3 Å². The van der Waals surface area contributed by atoms with E-state index in [4.69, 9.17) is 0 Å². The molecule has 1 saturated carbocycles. The van der Waals surface area contributed by atoms with Crippen molar-refractivity contribution in [2.45, 2.75) is 18.8 Å². The molecule has 0 bridgehead atoms. The topological polar surface area (TPSA) is 43.6 Å². The molecule has 4 nitrogen and oxygen atoms in total. The largest absolute Gasteiger partial charge is 0.219 e. The third-order valence-electron chi connectivity index (χ3n) is 2.11. The third-order valence-corrected chi connectivity index (χ3v) is 3.65. The molecule has 0 spiro atoms. The number of aromatic nitrogens is 4. The standard InChI is InChI=1S/C8H7BrN4S/c9-6-3-14-8(11-6)13-4-10-7(12-13)5-1-2-5/h3-5H,1-2H2. The van der Waals surface area contributed by atoms with Crippen molar-refractivity contribution in [2.24, 2.45) is 0 Å². The summed E-state index contributed by atoms with van der Waals surface area (Å²) in [5.74, 6) is 1.55. The van der Waals surface area contributed by atoms with E-state index in [-0.39, 0.29) is 0 Å². The van der Waals surface area contributed by atoms with E-state index in [1.165, 1.54) is 12.8 Å². The second kappa shape index (κ2) is 3.13. The zero-order chi connectivity index (χ0) is 9.54. The van der Waals surface area contributed by atoms with Crippen molar-refractivity contribution < 1.29 is 0 Å². The van der Waals surface area contributed by atoms with Crippen LogP contribution in [-0.4, -0.2) is 19.7 Å². The first-order chi connectivity index (χ1) is 6.83. The molecule has 0 aliphatic heterocycles. The lowest BCUT2D eigenvalue weighted by Gasteiger charge is -1.90. The van der Waals surface area contributed by atoms with Crippen molar-refractivity contribution in [2.75, 3.05) is 0 Å². The van der Waals surface area contributed by atoms with Gasteiger partial charge in [-0.3, -0.25) is 0 Å². The van der Waals surface area contributed by atoms with Crippen molar-refractivity contribution in [3.8, 4) is 5.13 Å². The van der Waals surface area contributed by atoms with E-state index < -0.39 is 0 Å². The molecule has 14 heavy (non-hydrogen) atoms. The molecule has 72 valence electrons. The maximum absolute atomic E-state index is 4.39. The van der Waals surface area contributed by atoms with Crippen LogP contribution in [0, 0.1) is 0 Å². The van der Waals surface area contributed by atoms with Crippen LogP contribution in [0.2, 0.25) is 0 Å². The normalized spacial score (nSPS) is 16.1. The molecule has 2 aromatic heterocycles. The molecule has 0 saturated heterocycles. The Morgan fingerprint density at radius 1 is 1.50 bits per heavy atom. The average molecular weight is 271 g/mol. The highest BCUT2D eigenvalue weighted by atomic mass is 79.9. The van der Waals surface area contributed by atoms with Crippen molar-refractivity contribution in [1.29, 1.82) is 0 Å². The first-order valence-corrected chi connectivity index (χ1v) is 6.03. The molecule has 0 atom stereocenters. The van der Waals surface area contributed by atoms with Gasteiger partial charge >= 0.3 is 0 Å². The Morgan fingerprint density at radius 2 is 2.36 bits per heavy atom. The molecule has 6 heteroatoms. The molecule has 1 aliphatic carbocycles. The Balaban J connectivity index is 1.95. The van der Waals surface area contributed by atoms with Crippen LogP contribution in [-0.2, 0) is 0 Å². The molecule has 2 heterocycles. The van der Waals surface area contributed by atoms with E-state index in [9.17, 15) is 0 Å². The molecule has 0 radical (unpaired) electrons. The van der Waals surface area contributed by atoms with E-state index in [2.05, 4.69) is 31.0 Å². The van der Waals surface area contributed by atoms with E-state index in [0.29, 0.717) is 5.92 Å². The number of hydrogen-bond acceptors (Lipinski definition) is 4. The molecule has 0 N–H and O–H groups in total. The summed E-state index contributed by atoms with van der Waals surface area (Å²) in [7, 11) is 0. The monoisotopic (exact) mass is 270 g/mol. The van der Waals surface area contributed by atoms with Crippen molar-refractivity contribution in [3.63, 3.8) is 0 Å². The lowest BCUT2D eigenvalue weighted by atomic mass is 10.4. The fourth-order valence-corrected chi connectivity index (χ4v) is 2.42. The van der Waals surface area contributed by atoms with Gasteiger partial charge in [0.05, 0.1) is 0 Å². The van der Waals surface area contributed by atoms with Crippen LogP contribution in [0.4, 0.5) is 0 Å². The maximum Gasteiger partial charge on any atom is 0.212 e. The molecular weight excluding hydrogens is 264 g/mol. The minimum Gasteiger partial charge on any atom is -0.219 e. The molecule has 0 aromatic carbocycles. The van der Waals surface area contributed by atoms with Gasteiger partial charge in [0, 0.05) is 11.3 Å². The van der Waals surface area contributed by atoms with Crippen LogP contribution in [0.5, 0.6) is 0 Å². The molecule has 3 rings (SSSR count). The second-order valence-corrected chi connectivity index (χ2v) is 4.92. The zero-order valence-electron chi connectivity index (χ0n) is 7.22. The van der Waals surface area contributed by atoms with E-state index in [1.807, 2.05) is 5.38 Å². The number of rotatable bonds is 2. The summed E-state index contributed by atoms with van der Waals surface area (Å²) in [6.07, 6.45) is 4.19. The molecule has 0 unspecified atom stereocenters. The van der Waals surface area contributed by atoms with E-state index in [1.54, 1.807) is 22.3 Å². The van der Waals surface area contributed by atoms with Gasteiger partial charge in [0.1, 0.15) is 10.9 Å². The number of halogens is 1. The number of nitrogens with zero attached hydrogens (tertiary/aromatic N) is 4. The van der Waals surface area contributed by atoms with E-state index in [0.717, 1.165) is 15.6 Å². The molecule has 0 amide bonds. The Kier molecular flexibility index (Phi) is 1.91. The number of thiazole rings is 1. The summed E-state index contributed by atoms with van der Waals surface area (Å²) in [5, 5.41) is 7.18. The van der Waals surface area contributed by atoms with Crippen LogP contribution in [0.1, 0.15) is 24.6 Å². The van der Waals surface area contributed by atoms with Crippen LogP contribution >= 0.6 is 27.3 Å². The van der Waals surface area contributed by atoms with Crippen molar-refractivity contribution in [3.05, 3.63) is 22.1 Å². The highest BCUT2D eigenvalue weighted by molar-refractivity contribution is 9.10. The van der Waals surface area contributed by atoms with Gasteiger partial charge in [0.15, 0.2) is 5.82 Å². The Morgan fingerprint density at radius 3 is 3.00 bits per heavy atom. The van der Waals surface area contributed by atoms with Crippen LogP contribution < -0.4 is 0 Å². The van der Waals surface area contributed by atoms with Gasteiger partial charge < -0.3 is 0 Å². The summed E-state index contributed by atoms with van der Waals surface area (Å²) in [6, 6.07) is 0. The van der Waals surface area contributed by atoms with Gasteiger partial charge in [-0.1, -0.05) is 0 Å². The summed E-state index contributed by atoms with van der Waals surface area (Å²) in [6.45, 7) is 0. The molecule has 1 fully saturated rings. The summed E-state index contributed by atoms with van der Waals surface area (Å²) < 4.78 is 2.59. The Bertz CT molecular complexity index is 459. The first-order valence-electron chi connectivity index (χ1n) is 4.36. The fraction of sp³-hybridized carbons (Fsp3) is 0.375. The zero-order valence-corrected chi connectivity index (χ0v) is 9.62. The van der Waals surface area contributed by atoms with Gasteiger partial charge in [0.25, 0.3) is 0 Å². The van der Waals surface area contributed by atoms with Crippen LogP contribution in [0.3, 0.4) is 0 Å². The predicted octanol–water partition coefficient (Wildman–Crippen LogP) is 2.36. The quantitative estimate of drug-likeness (QED) is 0.842. The summed E-state index contributed by atoms with van der Waals surface area (Å²) in [4.78, 5) is 8.54. The van der Waals surface area contributed by atoms with Gasteiger partial charge in [0.2, 0.25) is 5.13 Å². The fourth-order valence-electron chi connectivity index (χ4n) is 1.25. The van der Waals surface area contributed by atoms with E-state index >= 15 is 0 Å². The lowest BCUT2D eigenvalue weighted by Crippen LogP contribution is -1.94. The second-order valence-electron chi connectivity index (χ2n) is 3.27. The van der Waals surface area contributed by atoms with Gasteiger partial charge in [-0.25, -0.2) is 9.97 Å². The van der Waals surface area contributed by atoms with Gasteiger partial charge in [-0.05, 0) is 28.8 Å². The maximum atomic E-state index is 4.39. The molecular formula is C8H7BrN4S. The minimum absolute atomic E-state index is 0.597. The predicted molar refractivity (Wildman–Crippen MR) is 56.7 cm³/mol. The Hall–Kier alpha value is -0.750. The Labute approximate surface area is 93.1 Å². The number of hydrogen-bond donors (Lipinski definition) is 0. The van der Waals surface area contributed by atoms with Crippen molar-refractivity contribution in [1.82, 2.24) is 19.7 Å². The summed E-state index contributed by atoms with van der Waals surface area (Å²) in [5.41, 5.74) is 0. The lowest BCUT2D eigenvalue weighted by molar-refractivity contribution is 0.826. The highest BCUT2D eigenvalue weighted by Gasteiger charge is 2.27. The van der Waals surface area contributed by atoms with Crippen LogP contribution in [0.25, 0.3) is 5.13 Å². The molecule has 2 aromatic rings. The summed E-state index contributed by atoms with van der Waals surface area (Å²) >= 11 is 4.87. The average Bonchev–Trinajstić information content (AvgIpc) is 2.76. The SMILES string of the molecule is Brc1csc(-n2cnc(C3CC3)n2)n1. The van der Waals surface area contributed by atoms with Gasteiger partial charge in [-0.2, -0.15) is 4.68 Å². The highest BCUT2D eigenvalue weighted by Crippen LogP contribution is 2.37.